The second-order valence-electron chi connectivity index (χ2n) is 9.58. The van der Waals surface area contributed by atoms with Crippen molar-refractivity contribution in [2.24, 2.45) is 0 Å². The molecule has 1 aliphatic rings. The molecule has 188 valence electrons. The van der Waals surface area contributed by atoms with Crippen molar-refractivity contribution in [3.05, 3.63) is 76.3 Å². The highest BCUT2D eigenvalue weighted by atomic mass is 35.5. The fourth-order valence-electron chi connectivity index (χ4n) is 4.78. The van der Waals surface area contributed by atoms with Crippen molar-refractivity contribution >= 4 is 11.6 Å². The third kappa shape index (κ3) is 6.78. The highest BCUT2D eigenvalue weighted by Crippen LogP contribution is 2.28. The van der Waals surface area contributed by atoms with E-state index < -0.39 is 5.60 Å². The lowest BCUT2D eigenvalue weighted by molar-refractivity contribution is -0.0621. The molecule has 3 aromatic rings. The Morgan fingerprint density at radius 1 is 1.11 bits per heavy atom. The zero-order chi connectivity index (χ0) is 24.8. The molecule has 6 nitrogen and oxygen atoms in total. The van der Waals surface area contributed by atoms with E-state index in [-0.39, 0.29) is 6.61 Å². The molecule has 0 spiro atoms. The second-order valence-corrected chi connectivity index (χ2v) is 9.96. The molecule has 0 amide bonds. The molecule has 0 bridgehead atoms. The number of rotatable bonds is 10. The third-order valence-electron chi connectivity index (χ3n) is 6.58. The molecule has 4 rings (SSSR count). The minimum absolute atomic E-state index is 0.265. The van der Waals surface area contributed by atoms with E-state index in [2.05, 4.69) is 33.5 Å². The monoisotopic (exact) mass is 497 g/mol. The van der Waals surface area contributed by atoms with Gasteiger partial charge in [-0.25, -0.2) is 4.98 Å². The molecule has 1 aliphatic heterocycles. The molecule has 7 heteroatoms. The lowest BCUT2D eigenvalue weighted by Gasteiger charge is -2.39. The van der Waals surface area contributed by atoms with Crippen molar-refractivity contribution in [1.82, 2.24) is 14.5 Å². The number of hydrogen-bond acceptors (Lipinski definition) is 5. The van der Waals surface area contributed by atoms with E-state index in [9.17, 15) is 5.11 Å². The van der Waals surface area contributed by atoms with Crippen molar-refractivity contribution in [2.75, 3.05) is 26.3 Å². The maximum atomic E-state index is 11.3. The number of benzene rings is 2. The molecule has 0 saturated carbocycles. The molecule has 1 aromatic heterocycles. The van der Waals surface area contributed by atoms with Gasteiger partial charge in [0.1, 0.15) is 36.1 Å². The largest absolute Gasteiger partial charge is 0.492 e. The van der Waals surface area contributed by atoms with Gasteiger partial charge in [-0.3, -0.25) is 4.90 Å². The number of aliphatic hydroxyl groups is 1. The summed E-state index contributed by atoms with van der Waals surface area (Å²) in [6, 6.07) is 12.1. The number of ether oxygens (including phenoxy) is 2. The first-order chi connectivity index (χ1) is 16.8. The first kappa shape index (κ1) is 25.5. The molecule has 0 radical (unpaired) electrons. The van der Waals surface area contributed by atoms with Crippen molar-refractivity contribution in [3.8, 4) is 11.5 Å². The van der Waals surface area contributed by atoms with Crippen molar-refractivity contribution in [1.29, 1.82) is 0 Å². The van der Waals surface area contributed by atoms with Crippen LogP contribution < -0.4 is 9.47 Å². The quantitative estimate of drug-likeness (QED) is 0.417. The maximum Gasteiger partial charge on any atom is 0.120 e. The van der Waals surface area contributed by atoms with E-state index in [1.165, 1.54) is 5.56 Å². The predicted octanol–water partition coefficient (Wildman–Crippen LogP) is 5.20. The van der Waals surface area contributed by atoms with Gasteiger partial charge in [0, 0.05) is 36.9 Å². The number of aryl methyl sites for hydroxylation is 3. The molecule has 1 N–H and O–H groups in total. The summed E-state index contributed by atoms with van der Waals surface area (Å²) < 4.78 is 14.2. The van der Waals surface area contributed by atoms with E-state index in [1.54, 1.807) is 0 Å². The molecule has 2 aromatic carbocycles. The highest BCUT2D eigenvalue weighted by molar-refractivity contribution is 6.32. The molecule has 2 heterocycles. The average Bonchev–Trinajstić information content (AvgIpc) is 3.29. The van der Waals surface area contributed by atoms with Gasteiger partial charge in [0.15, 0.2) is 0 Å². The molecule has 1 fully saturated rings. The Balaban J connectivity index is 1.30. The molecule has 0 unspecified atom stereocenters. The number of piperidine rings is 1. The molecule has 1 atom stereocenters. The summed E-state index contributed by atoms with van der Waals surface area (Å²) in [6.07, 6.45) is 6.40. The topological polar surface area (TPSA) is 59.8 Å². The van der Waals surface area contributed by atoms with Crippen LogP contribution in [0.3, 0.4) is 0 Å². The lowest BCUT2D eigenvalue weighted by Crippen LogP contribution is -2.51. The van der Waals surface area contributed by atoms with Gasteiger partial charge in [-0.05, 0) is 74.2 Å². The SMILES string of the molecule is CCc1nccn1CCOc1cccc(CN2CCC[C@@](O)(COc3cc(C)c(Cl)c(C)c3)C2)c1. The summed E-state index contributed by atoms with van der Waals surface area (Å²) in [5, 5.41) is 12.0. The Labute approximate surface area is 213 Å². The molecular formula is C28H36ClN3O3. The Hall–Kier alpha value is -2.54. The Morgan fingerprint density at radius 3 is 2.69 bits per heavy atom. The lowest BCUT2D eigenvalue weighted by atomic mass is 9.93. The van der Waals surface area contributed by atoms with Crippen LogP contribution in [-0.2, 0) is 19.5 Å². The molecule has 0 aliphatic carbocycles. The molecular weight excluding hydrogens is 462 g/mol. The summed E-state index contributed by atoms with van der Waals surface area (Å²) in [5.74, 6) is 2.69. The van der Waals surface area contributed by atoms with Crippen LogP contribution in [0.1, 0.15) is 42.3 Å². The average molecular weight is 498 g/mol. The summed E-state index contributed by atoms with van der Waals surface area (Å²) in [4.78, 5) is 6.65. The number of nitrogens with zero attached hydrogens (tertiary/aromatic N) is 3. The summed E-state index contributed by atoms with van der Waals surface area (Å²) >= 11 is 6.27. The van der Waals surface area contributed by atoms with Crippen LogP contribution in [0.5, 0.6) is 11.5 Å². The van der Waals surface area contributed by atoms with E-state index in [0.29, 0.717) is 13.2 Å². The number of likely N-dealkylation sites (tertiary alicyclic amines) is 1. The van der Waals surface area contributed by atoms with Crippen molar-refractivity contribution < 1.29 is 14.6 Å². The van der Waals surface area contributed by atoms with E-state index in [4.69, 9.17) is 21.1 Å². The summed E-state index contributed by atoms with van der Waals surface area (Å²) in [6.45, 7) is 9.97. The van der Waals surface area contributed by atoms with Crippen LogP contribution in [0.15, 0.2) is 48.8 Å². The number of halogens is 1. The number of aromatic nitrogens is 2. The summed E-state index contributed by atoms with van der Waals surface area (Å²) in [7, 11) is 0. The van der Waals surface area contributed by atoms with Gasteiger partial charge in [0.2, 0.25) is 0 Å². The zero-order valence-corrected chi connectivity index (χ0v) is 21.7. The predicted molar refractivity (Wildman–Crippen MR) is 139 cm³/mol. The first-order valence-electron chi connectivity index (χ1n) is 12.4. The van der Waals surface area contributed by atoms with E-state index >= 15 is 0 Å². The number of imidazole rings is 1. The van der Waals surface area contributed by atoms with Crippen molar-refractivity contribution in [2.45, 2.75) is 58.7 Å². The standard InChI is InChI=1S/C28H36ClN3O3/c1-4-26-30-10-12-32(26)13-14-34-24-8-5-7-23(17-24)18-31-11-6-9-28(33,19-31)20-35-25-15-21(2)27(29)22(3)16-25/h5,7-8,10,12,15-17,33H,4,6,9,11,13-14,18-20H2,1-3H3/t28-/m0/s1. The normalized spacial score (nSPS) is 18.5. The minimum atomic E-state index is -0.879. The fraction of sp³-hybridized carbons (Fsp3) is 0.464. The van der Waals surface area contributed by atoms with Crippen LogP contribution in [0, 0.1) is 13.8 Å². The van der Waals surface area contributed by atoms with Crippen LogP contribution in [0.25, 0.3) is 0 Å². The van der Waals surface area contributed by atoms with Gasteiger partial charge >= 0.3 is 0 Å². The fourth-order valence-corrected chi connectivity index (χ4v) is 4.89. The zero-order valence-electron chi connectivity index (χ0n) is 21.0. The van der Waals surface area contributed by atoms with Crippen LogP contribution in [0.4, 0.5) is 0 Å². The third-order valence-corrected chi connectivity index (χ3v) is 7.17. The Kier molecular flexibility index (Phi) is 8.37. The number of β-amino-alcohol motifs (C(OH)–C–C–N with tert-alkyl or cyclic N) is 1. The van der Waals surface area contributed by atoms with E-state index in [0.717, 1.165) is 72.4 Å². The summed E-state index contributed by atoms with van der Waals surface area (Å²) in [5.41, 5.74) is 2.26. The van der Waals surface area contributed by atoms with Gasteiger partial charge in [-0.15, -0.1) is 0 Å². The van der Waals surface area contributed by atoms with Gasteiger partial charge in [-0.1, -0.05) is 30.7 Å². The van der Waals surface area contributed by atoms with Crippen molar-refractivity contribution in [3.63, 3.8) is 0 Å². The maximum absolute atomic E-state index is 11.3. The van der Waals surface area contributed by atoms with Gasteiger partial charge in [0.25, 0.3) is 0 Å². The van der Waals surface area contributed by atoms with E-state index in [1.807, 2.05) is 50.5 Å². The van der Waals surface area contributed by atoms with Gasteiger partial charge in [-0.2, -0.15) is 0 Å². The minimum Gasteiger partial charge on any atom is -0.492 e. The Morgan fingerprint density at radius 2 is 1.91 bits per heavy atom. The second kappa shape index (κ2) is 11.5. The Bertz CT molecular complexity index is 1110. The van der Waals surface area contributed by atoms with Crippen LogP contribution in [-0.4, -0.2) is 51.5 Å². The van der Waals surface area contributed by atoms with Gasteiger partial charge < -0.3 is 19.1 Å². The molecule has 1 saturated heterocycles. The molecule has 35 heavy (non-hydrogen) atoms. The first-order valence-corrected chi connectivity index (χ1v) is 12.8. The van der Waals surface area contributed by atoms with Crippen LogP contribution in [0.2, 0.25) is 5.02 Å². The van der Waals surface area contributed by atoms with Gasteiger partial charge in [0.05, 0.1) is 6.54 Å². The van der Waals surface area contributed by atoms with Crippen LogP contribution >= 0.6 is 11.6 Å². The smallest absolute Gasteiger partial charge is 0.120 e. The number of hydrogen-bond donors (Lipinski definition) is 1. The highest BCUT2D eigenvalue weighted by Gasteiger charge is 2.34.